The van der Waals surface area contributed by atoms with Gasteiger partial charge in [0.25, 0.3) is 0 Å². The number of halogens is 3. The summed E-state index contributed by atoms with van der Waals surface area (Å²) >= 11 is 0. The molecular weight excluding hydrogens is 449 g/mol. The molecule has 1 aliphatic heterocycles. The fourth-order valence-electron chi connectivity index (χ4n) is 4.72. The van der Waals surface area contributed by atoms with E-state index in [1.54, 1.807) is 0 Å². The van der Waals surface area contributed by atoms with Gasteiger partial charge in [-0.05, 0) is 51.6 Å². The molecule has 0 bridgehead atoms. The third kappa shape index (κ3) is 6.95. The lowest BCUT2D eigenvalue weighted by Gasteiger charge is -2.44. The van der Waals surface area contributed by atoms with Crippen LogP contribution in [0.15, 0.2) is 36.4 Å². The summed E-state index contributed by atoms with van der Waals surface area (Å²) in [6.07, 6.45) is -0.712. The number of likely N-dealkylation sites (tertiary alicyclic amines) is 1. The fourth-order valence-corrected chi connectivity index (χ4v) is 4.72. The number of piperidine rings is 1. The van der Waals surface area contributed by atoms with Crippen LogP contribution in [0.4, 0.5) is 13.2 Å². The van der Waals surface area contributed by atoms with Crippen LogP contribution in [0.3, 0.4) is 0 Å². The number of methoxy groups -OCH3 is 2. The highest BCUT2D eigenvalue weighted by Crippen LogP contribution is 2.48. The molecule has 1 heterocycles. The quantitative estimate of drug-likeness (QED) is 0.524. The first-order valence-electron chi connectivity index (χ1n) is 11.8. The second-order valence-electron chi connectivity index (χ2n) is 9.80. The molecular formula is C25H35F3N2O4. The number of hydrogen-bond donors (Lipinski definition) is 0. The van der Waals surface area contributed by atoms with Crippen molar-refractivity contribution in [3.05, 3.63) is 36.4 Å². The molecule has 0 radical (unpaired) electrons. The van der Waals surface area contributed by atoms with E-state index in [9.17, 15) is 22.8 Å². The summed E-state index contributed by atoms with van der Waals surface area (Å²) in [6.45, 7) is 2.34. The van der Waals surface area contributed by atoms with Gasteiger partial charge in [-0.3, -0.25) is 9.59 Å². The Morgan fingerprint density at radius 3 is 1.88 bits per heavy atom. The molecule has 2 aliphatic carbocycles. The summed E-state index contributed by atoms with van der Waals surface area (Å²) in [6, 6.07) is 11.7. The van der Waals surface area contributed by atoms with Gasteiger partial charge in [0.15, 0.2) is 0 Å². The highest BCUT2D eigenvalue weighted by atomic mass is 19.4. The van der Waals surface area contributed by atoms with E-state index >= 15 is 0 Å². The number of hydrogen-bond acceptors (Lipinski definition) is 5. The maximum Gasteiger partial charge on any atom is 0.471 e. The minimum absolute atomic E-state index is 0.0693. The second-order valence-corrected chi connectivity index (χ2v) is 9.80. The Morgan fingerprint density at radius 2 is 1.50 bits per heavy atom. The Balaban J connectivity index is 0.000000469. The summed E-state index contributed by atoms with van der Waals surface area (Å²) in [5, 5.41) is 0. The molecule has 4 rings (SSSR count). The van der Waals surface area contributed by atoms with Crippen LogP contribution in [-0.4, -0.2) is 80.9 Å². The van der Waals surface area contributed by atoms with Crippen LogP contribution >= 0.6 is 0 Å². The fraction of sp³-hybridized carbons (Fsp3) is 0.680. The first kappa shape index (κ1) is 26.5. The van der Waals surface area contributed by atoms with Crippen molar-refractivity contribution in [2.45, 2.75) is 50.7 Å². The highest BCUT2D eigenvalue weighted by molar-refractivity contribution is 5.82. The molecule has 1 aromatic carbocycles. The van der Waals surface area contributed by atoms with Crippen LogP contribution in [0.5, 0.6) is 0 Å². The van der Waals surface area contributed by atoms with Crippen LogP contribution in [0.25, 0.3) is 0 Å². The zero-order chi connectivity index (χ0) is 24.8. The molecule has 0 N–H and O–H groups in total. The Bertz CT molecular complexity index is 775. The van der Waals surface area contributed by atoms with Gasteiger partial charge < -0.3 is 19.3 Å². The van der Waals surface area contributed by atoms with Crippen molar-refractivity contribution in [1.29, 1.82) is 0 Å². The topological polar surface area (TPSA) is 59.1 Å². The largest absolute Gasteiger partial charge is 0.471 e. The van der Waals surface area contributed by atoms with E-state index in [0.29, 0.717) is 51.9 Å². The van der Waals surface area contributed by atoms with Crippen LogP contribution in [-0.2, 0) is 19.1 Å². The van der Waals surface area contributed by atoms with Gasteiger partial charge in [-0.15, -0.1) is 0 Å². The zero-order valence-corrected chi connectivity index (χ0v) is 20.0. The number of amides is 1. The van der Waals surface area contributed by atoms with E-state index in [-0.39, 0.29) is 18.6 Å². The van der Waals surface area contributed by atoms with Gasteiger partial charge in [0.2, 0.25) is 0 Å². The molecule has 0 atom stereocenters. The molecule has 2 saturated carbocycles. The molecule has 1 amide bonds. The minimum Gasteiger partial charge on any atom is -0.469 e. The van der Waals surface area contributed by atoms with Crippen molar-refractivity contribution in [1.82, 2.24) is 9.80 Å². The van der Waals surface area contributed by atoms with E-state index in [4.69, 9.17) is 9.47 Å². The van der Waals surface area contributed by atoms with Gasteiger partial charge in [0.05, 0.1) is 19.1 Å². The van der Waals surface area contributed by atoms with Gasteiger partial charge in [-0.1, -0.05) is 36.4 Å². The summed E-state index contributed by atoms with van der Waals surface area (Å²) in [7, 11) is 2.93. The number of nitrogens with zero attached hydrogens (tertiary/aromatic N) is 2. The maximum absolute atomic E-state index is 13.0. The molecule has 0 spiro atoms. The lowest BCUT2D eigenvalue weighted by atomic mass is 9.78. The molecule has 3 fully saturated rings. The smallest absolute Gasteiger partial charge is 0.469 e. The van der Waals surface area contributed by atoms with Crippen LogP contribution in [0, 0.1) is 10.8 Å². The van der Waals surface area contributed by atoms with Crippen LogP contribution in [0.1, 0.15) is 38.5 Å². The van der Waals surface area contributed by atoms with Crippen molar-refractivity contribution < 1.29 is 32.2 Å². The van der Waals surface area contributed by atoms with Gasteiger partial charge in [-0.2, -0.15) is 13.2 Å². The van der Waals surface area contributed by atoms with Gasteiger partial charge in [-0.25, -0.2) is 0 Å². The van der Waals surface area contributed by atoms with Crippen LogP contribution in [0.2, 0.25) is 0 Å². The first-order valence-corrected chi connectivity index (χ1v) is 11.8. The average Bonchev–Trinajstić information content (AvgIpc) is 3.75. The molecule has 0 aromatic heterocycles. The maximum atomic E-state index is 13.0. The van der Waals surface area contributed by atoms with Crippen molar-refractivity contribution in [2.75, 3.05) is 47.0 Å². The highest BCUT2D eigenvalue weighted by Gasteiger charge is 2.53. The van der Waals surface area contributed by atoms with E-state index in [1.165, 1.54) is 14.2 Å². The molecule has 190 valence electrons. The number of alkyl halides is 3. The Morgan fingerprint density at radius 1 is 0.971 bits per heavy atom. The number of rotatable bonds is 8. The third-order valence-electron chi connectivity index (χ3n) is 7.03. The van der Waals surface area contributed by atoms with E-state index in [2.05, 4.69) is 4.90 Å². The predicted octanol–water partition coefficient (Wildman–Crippen LogP) is 3.91. The Labute approximate surface area is 199 Å². The standard InChI is InChI=1S/C19H29F3N2O4.C6H6/c1-27-13-17(11-24(14-3-4-14)15(25)19(20,21)22)7-9-23(10-8-17)12-18(5-6-18)16(26)28-2;1-2-4-6-5-3-1/h14H,3-13H2,1-2H3;1-6H. The lowest BCUT2D eigenvalue weighted by Crippen LogP contribution is -2.53. The van der Waals surface area contributed by atoms with Crippen molar-refractivity contribution in [3.8, 4) is 0 Å². The number of ether oxygens (including phenoxy) is 2. The summed E-state index contributed by atoms with van der Waals surface area (Å²) in [5.41, 5.74) is -0.904. The number of carbonyl (C=O) groups is 2. The van der Waals surface area contributed by atoms with Gasteiger partial charge in [0.1, 0.15) is 0 Å². The zero-order valence-electron chi connectivity index (χ0n) is 20.0. The monoisotopic (exact) mass is 484 g/mol. The van der Waals surface area contributed by atoms with E-state index < -0.39 is 22.9 Å². The Hall–Kier alpha value is -2.13. The number of carbonyl (C=O) groups excluding carboxylic acids is 2. The summed E-state index contributed by atoms with van der Waals surface area (Å²) in [4.78, 5) is 27.1. The molecule has 1 aromatic rings. The van der Waals surface area contributed by atoms with Gasteiger partial charge in [0, 0.05) is 31.7 Å². The number of esters is 1. The average molecular weight is 485 g/mol. The molecule has 6 nitrogen and oxygen atoms in total. The minimum atomic E-state index is -4.85. The lowest BCUT2D eigenvalue weighted by molar-refractivity contribution is -0.188. The molecule has 1 saturated heterocycles. The first-order chi connectivity index (χ1) is 16.1. The predicted molar refractivity (Wildman–Crippen MR) is 121 cm³/mol. The molecule has 0 unspecified atom stereocenters. The van der Waals surface area contributed by atoms with Gasteiger partial charge >= 0.3 is 18.1 Å². The number of benzene rings is 1. The van der Waals surface area contributed by atoms with Crippen LogP contribution < -0.4 is 0 Å². The Kier molecular flexibility index (Phi) is 8.62. The van der Waals surface area contributed by atoms with E-state index in [0.717, 1.165) is 17.7 Å². The molecule has 9 heteroatoms. The van der Waals surface area contributed by atoms with Crippen molar-refractivity contribution in [3.63, 3.8) is 0 Å². The second kappa shape index (κ2) is 11.1. The van der Waals surface area contributed by atoms with E-state index in [1.807, 2.05) is 36.4 Å². The third-order valence-corrected chi connectivity index (χ3v) is 7.03. The SMILES string of the molecule is COCC1(CN(C(=O)C(F)(F)F)C2CC2)CCN(CC2(C(=O)OC)CC2)CC1.c1ccccc1. The van der Waals surface area contributed by atoms with Crippen molar-refractivity contribution >= 4 is 11.9 Å². The summed E-state index contributed by atoms with van der Waals surface area (Å²) in [5.74, 6) is -1.92. The van der Waals surface area contributed by atoms with Crippen molar-refractivity contribution in [2.24, 2.45) is 10.8 Å². The summed E-state index contributed by atoms with van der Waals surface area (Å²) < 4.78 is 49.4. The molecule has 34 heavy (non-hydrogen) atoms. The molecule has 3 aliphatic rings. The normalized spacial score (nSPS) is 21.1.